The topological polar surface area (TPSA) is 76.5 Å². The summed E-state index contributed by atoms with van der Waals surface area (Å²) in [6.07, 6.45) is 1.62. The summed E-state index contributed by atoms with van der Waals surface area (Å²) < 4.78 is 38.8. The van der Waals surface area contributed by atoms with Crippen molar-refractivity contribution in [1.29, 1.82) is 0 Å². The first-order chi connectivity index (χ1) is 13.8. The Labute approximate surface area is 183 Å². The van der Waals surface area contributed by atoms with Crippen LogP contribution in [0.3, 0.4) is 0 Å². The van der Waals surface area contributed by atoms with Crippen LogP contribution in [0.2, 0.25) is 23.2 Å². The van der Waals surface area contributed by atoms with Crippen molar-refractivity contribution < 1.29 is 17.4 Å². The molecular formula is C22H26ClNO4SSi. The number of nitrogens with zero attached hydrogens (tertiary/aromatic N) is 1. The fourth-order valence-corrected chi connectivity index (χ4v) is 4.58. The van der Waals surface area contributed by atoms with Gasteiger partial charge in [0, 0.05) is 22.2 Å². The van der Waals surface area contributed by atoms with E-state index in [9.17, 15) is 13.0 Å². The van der Waals surface area contributed by atoms with Gasteiger partial charge in [-0.3, -0.25) is 9.54 Å². The van der Waals surface area contributed by atoms with Crippen LogP contribution in [0.1, 0.15) is 26.3 Å². The SMILES string of the molecule is CC(C)(C)[Si](C)(C)OCc1cc(Cl)ccc1-c1nccc2cc(S(=O)(=O)O)ccc12. The Bertz CT molecular complexity index is 1200. The lowest BCUT2D eigenvalue weighted by molar-refractivity contribution is 0.277. The number of rotatable bonds is 5. The lowest BCUT2D eigenvalue weighted by Crippen LogP contribution is -2.40. The molecule has 0 amide bonds. The van der Waals surface area contributed by atoms with Crippen LogP contribution in [0.15, 0.2) is 53.6 Å². The van der Waals surface area contributed by atoms with E-state index in [0.29, 0.717) is 22.7 Å². The van der Waals surface area contributed by atoms with Crippen molar-refractivity contribution in [2.75, 3.05) is 0 Å². The van der Waals surface area contributed by atoms with Gasteiger partial charge in [-0.1, -0.05) is 44.5 Å². The summed E-state index contributed by atoms with van der Waals surface area (Å²) in [6, 6.07) is 11.8. The standard InChI is InChI=1S/C22H26ClNO4SSi/c1-22(2,3)30(4,5)28-14-16-12-17(23)6-8-20(16)21-19-9-7-18(29(25,26)27)13-15(19)10-11-24-21/h6-13H,14H2,1-5H3,(H,25,26,27). The Morgan fingerprint density at radius 2 is 1.80 bits per heavy atom. The highest BCUT2D eigenvalue weighted by molar-refractivity contribution is 7.85. The Morgan fingerprint density at radius 3 is 2.43 bits per heavy atom. The van der Waals surface area contributed by atoms with Gasteiger partial charge in [-0.05, 0) is 59.4 Å². The van der Waals surface area contributed by atoms with Crippen molar-refractivity contribution in [3.05, 3.63) is 59.2 Å². The van der Waals surface area contributed by atoms with Gasteiger partial charge in [0.05, 0.1) is 17.2 Å². The molecule has 3 rings (SSSR count). The quantitative estimate of drug-likeness (QED) is 0.353. The molecule has 3 aromatic rings. The Balaban J connectivity index is 2.09. The van der Waals surface area contributed by atoms with Gasteiger partial charge in [-0.25, -0.2) is 0 Å². The number of hydrogen-bond acceptors (Lipinski definition) is 4. The van der Waals surface area contributed by atoms with E-state index in [4.69, 9.17) is 16.0 Å². The summed E-state index contributed by atoms with van der Waals surface area (Å²) in [4.78, 5) is 4.40. The second-order valence-electron chi connectivity index (χ2n) is 8.87. The summed E-state index contributed by atoms with van der Waals surface area (Å²) in [7, 11) is -6.25. The average molecular weight is 464 g/mol. The van der Waals surface area contributed by atoms with Gasteiger partial charge < -0.3 is 4.43 Å². The van der Waals surface area contributed by atoms with E-state index >= 15 is 0 Å². The van der Waals surface area contributed by atoms with E-state index in [1.54, 1.807) is 24.4 Å². The third kappa shape index (κ3) is 4.76. The third-order valence-corrected chi connectivity index (χ3v) is 11.3. The van der Waals surface area contributed by atoms with E-state index in [0.717, 1.165) is 16.5 Å². The molecule has 0 aliphatic rings. The zero-order valence-corrected chi connectivity index (χ0v) is 20.3. The van der Waals surface area contributed by atoms with E-state index in [1.165, 1.54) is 12.1 Å². The Kier molecular flexibility index (Phi) is 6.15. The Morgan fingerprint density at radius 1 is 1.10 bits per heavy atom. The smallest absolute Gasteiger partial charge is 0.294 e. The molecule has 0 radical (unpaired) electrons. The first kappa shape index (κ1) is 22.9. The highest BCUT2D eigenvalue weighted by atomic mass is 35.5. The van der Waals surface area contributed by atoms with E-state index in [-0.39, 0.29) is 9.93 Å². The van der Waals surface area contributed by atoms with Crippen LogP contribution < -0.4 is 0 Å². The van der Waals surface area contributed by atoms with Crippen LogP contribution in [0.5, 0.6) is 0 Å². The van der Waals surface area contributed by atoms with Crippen molar-refractivity contribution in [2.24, 2.45) is 0 Å². The van der Waals surface area contributed by atoms with Crippen LogP contribution in [0, 0.1) is 0 Å². The maximum atomic E-state index is 11.5. The molecule has 30 heavy (non-hydrogen) atoms. The molecule has 0 spiro atoms. The van der Waals surface area contributed by atoms with Crippen LogP contribution in [0.4, 0.5) is 0 Å². The molecule has 0 aliphatic carbocycles. The molecule has 5 nitrogen and oxygen atoms in total. The van der Waals surface area contributed by atoms with E-state index in [2.05, 4.69) is 38.8 Å². The molecule has 2 aromatic carbocycles. The molecule has 0 aliphatic heterocycles. The fraction of sp³-hybridized carbons (Fsp3) is 0.318. The van der Waals surface area contributed by atoms with Gasteiger partial charge >= 0.3 is 0 Å². The van der Waals surface area contributed by atoms with E-state index < -0.39 is 18.4 Å². The molecule has 160 valence electrons. The van der Waals surface area contributed by atoms with Crippen LogP contribution >= 0.6 is 11.6 Å². The molecule has 0 unspecified atom stereocenters. The number of benzene rings is 2. The van der Waals surface area contributed by atoms with Gasteiger partial charge in [0.25, 0.3) is 10.1 Å². The Hall–Kier alpha value is -1.77. The van der Waals surface area contributed by atoms with Crippen molar-refractivity contribution in [1.82, 2.24) is 4.98 Å². The maximum absolute atomic E-state index is 11.5. The van der Waals surface area contributed by atoms with Gasteiger partial charge in [-0.15, -0.1) is 0 Å². The lowest BCUT2D eigenvalue weighted by atomic mass is 10.00. The molecule has 8 heteroatoms. The average Bonchev–Trinajstić information content (AvgIpc) is 2.64. The number of fused-ring (bicyclic) bond motifs is 1. The third-order valence-electron chi connectivity index (χ3n) is 5.75. The van der Waals surface area contributed by atoms with Gasteiger partial charge in [0.15, 0.2) is 8.32 Å². The van der Waals surface area contributed by atoms with Crippen LogP contribution in [-0.4, -0.2) is 26.3 Å². The minimum atomic E-state index is -4.28. The summed E-state index contributed by atoms with van der Waals surface area (Å²) in [6.45, 7) is 11.4. The summed E-state index contributed by atoms with van der Waals surface area (Å²) >= 11 is 6.27. The fourth-order valence-electron chi connectivity index (χ4n) is 2.92. The van der Waals surface area contributed by atoms with Gasteiger partial charge in [0.1, 0.15) is 0 Å². The molecule has 1 heterocycles. The second kappa shape index (κ2) is 8.05. The van der Waals surface area contributed by atoms with Crippen molar-refractivity contribution >= 4 is 40.8 Å². The minimum Gasteiger partial charge on any atom is -0.413 e. The zero-order chi connectivity index (χ0) is 22.3. The molecule has 0 atom stereocenters. The second-order valence-corrected chi connectivity index (χ2v) is 15.5. The monoisotopic (exact) mass is 463 g/mol. The molecule has 0 saturated carbocycles. The van der Waals surface area contributed by atoms with Crippen molar-refractivity contribution in [3.8, 4) is 11.3 Å². The molecular weight excluding hydrogens is 438 g/mol. The molecule has 0 bridgehead atoms. The number of pyridine rings is 1. The first-order valence-electron chi connectivity index (χ1n) is 9.59. The summed E-state index contributed by atoms with van der Waals surface area (Å²) in [5.74, 6) is 0. The minimum absolute atomic E-state index is 0.0790. The van der Waals surface area contributed by atoms with Gasteiger partial charge in [0.2, 0.25) is 0 Å². The predicted octanol–water partition coefficient (Wildman–Crippen LogP) is 6.32. The lowest BCUT2D eigenvalue weighted by Gasteiger charge is -2.36. The number of aromatic nitrogens is 1. The normalized spacial score (nSPS) is 13.0. The van der Waals surface area contributed by atoms with Crippen molar-refractivity contribution in [2.45, 2.75) is 50.4 Å². The van der Waals surface area contributed by atoms with Crippen molar-refractivity contribution in [3.63, 3.8) is 0 Å². The molecule has 0 saturated heterocycles. The summed E-state index contributed by atoms with van der Waals surface area (Å²) in [5.41, 5.74) is 2.51. The van der Waals surface area contributed by atoms with E-state index in [1.807, 2.05) is 12.1 Å². The predicted molar refractivity (Wildman–Crippen MR) is 124 cm³/mol. The molecule has 1 aromatic heterocycles. The highest BCUT2D eigenvalue weighted by Crippen LogP contribution is 2.38. The molecule has 0 fully saturated rings. The largest absolute Gasteiger partial charge is 0.413 e. The maximum Gasteiger partial charge on any atom is 0.294 e. The number of halogens is 1. The highest BCUT2D eigenvalue weighted by Gasteiger charge is 2.37. The first-order valence-corrected chi connectivity index (χ1v) is 14.3. The van der Waals surface area contributed by atoms with Crippen LogP contribution in [-0.2, 0) is 21.2 Å². The summed E-state index contributed by atoms with van der Waals surface area (Å²) in [5, 5.41) is 2.14. The molecule has 1 N–H and O–H groups in total. The van der Waals surface area contributed by atoms with Crippen LogP contribution in [0.25, 0.3) is 22.0 Å². The number of hydrogen-bond donors (Lipinski definition) is 1. The zero-order valence-electron chi connectivity index (χ0n) is 17.7. The van der Waals surface area contributed by atoms with Gasteiger partial charge in [-0.2, -0.15) is 8.42 Å².